The number of rotatable bonds is 5. The molecule has 3 nitrogen and oxygen atoms in total. The van der Waals surface area contributed by atoms with Gasteiger partial charge in [0.1, 0.15) is 0 Å². The Hall–Kier alpha value is -0.780. The van der Waals surface area contributed by atoms with Crippen LogP contribution in [0.2, 0.25) is 0 Å². The molecule has 2 N–H and O–H groups in total. The van der Waals surface area contributed by atoms with E-state index >= 15 is 0 Å². The quantitative estimate of drug-likeness (QED) is 0.749. The first-order valence-electron chi connectivity index (χ1n) is 6.50. The molecule has 1 aliphatic carbocycles. The van der Waals surface area contributed by atoms with Crippen LogP contribution in [0.25, 0.3) is 0 Å². The summed E-state index contributed by atoms with van der Waals surface area (Å²) in [6, 6.07) is -0.0977. The van der Waals surface area contributed by atoms with Crippen LogP contribution in [-0.4, -0.2) is 31.2 Å². The van der Waals surface area contributed by atoms with Gasteiger partial charge in [0.05, 0.1) is 12.5 Å². The van der Waals surface area contributed by atoms with Gasteiger partial charge < -0.3 is 10.6 Å². The highest BCUT2D eigenvalue weighted by Crippen LogP contribution is 2.37. The maximum atomic E-state index is 12.4. The standard InChI is InChI=1S/C12H21F3N2O/c1-2-7-16-8-11(18)17-10-5-3-9(4-6-10)12(13,14)15/h9-10,16H,2-8H2,1H3,(H,17,18). The van der Waals surface area contributed by atoms with Gasteiger partial charge in [0.15, 0.2) is 0 Å². The second-order valence-corrected chi connectivity index (χ2v) is 4.83. The molecule has 0 spiro atoms. The Labute approximate surface area is 106 Å². The molecule has 106 valence electrons. The number of nitrogens with one attached hydrogen (secondary N) is 2. The van der Waals surface area contributed by atoms with E-state index in [1.807, 2.05) is 6.92 Å². The summed E-state index contributed by atoms with van der Waals surface area (Å²) in [4.78, 5) is 11.5. The number of alkyl halides is 3. The van der Waals surface area contributed by atoms with E-state index in [9.17, 15) is 18.0 Å². The molecule has 0 bridgehead atoms. The van der Waals surface area contributed by atoms with Crippen LogP contribution in [0.4, 0.5) is 13.2 Å². The van der Waals surface area contributed by atoms with Crippen molar-refractivity contribution in [2.45, 2.75) is 51.2 Å². The predicted molar refractivity (Wildman–Crippen MR) is 63.1 cm³/mol. The maximum Gasteiger partial charge on any atom is 0.391 e. The molecule has 6 heteroatoms. The van der Waals surface area contributed by atoms with E-state index in [2.05, 4.69) is 10.6 Å². The van der Waals surface area contributed by atoms with E-state index in [0.717, 1.165) is 13.0 Å². The third-order valence-electron chi connectivity index (χ3n) is 3.27. The first-order valence-corrected chi connectivity index (χ1v) is 6.50. The fraction of sp³-hybridized carbons (Fsp3) is 0.917. The number of hydrogen-bond donors (Lipinski definition) is 2. The second-order valence-electron chi connectivity index (χ2n) is 4.83. The molecule has 0 aliphatic heterocycles. The van der Waals surface area contributed by atoms with Gasteiger partial charge in [-0.05, 0) is 38.6 Å². The summed E-state index contributed by atoms with van der Waals surface area (Å²) in [7, 11) is 0. The molecule has 0 heterocycles. The van der Waals surface area contributed by atoms with Gasteiger partial charge in [0.25, 0.3) is 0 Å². The van der Waals surface area contributed by atoms with Crippen LogP contribution in [0.1, 0.15) is 39.0 Å². The molecule has 0 radical (unpaired) electrons. The average Bonchev–Trinajstić information content (AvgIpc) is 2.29. The first kappa shape index (κ1) is 15.3. The molecular formula is C12H21F3N2O. The summed E-state index contributed by atoms with van der Waals surface area (Å²) < 4.78 is 37.3. The van der Waals surface area contributed by atoms with Crippen LogP contribution in [0.15, 0.2) is 0 Å². The van der Waals surface area contributed by atoms with Gasteiger partial charge in [-0.2, -0.15) is 13.2 Å². The zero-order valence-corrected chi connectivity index (χ0v) is 10.6. The zero-order chi connectivity index (χ0) is 13.6. The fourth-order valence-corrected chi connectivity index (χ4v) is 2.22. The summed E-state index contributed by atoms with van der Waals surface area (Å²) in [6.07, 6.45) is -2.05. The van der Waals surface area contributed by atoms with E-state index in [1.165, 1.54) is 0 Å². The molecule has 0 aromatic carbocycles. The summed E-state index contributed by atoms with van der Waals surface area (Å²) in [6.45, 7) is 3.02. The van der Waals surface area contributed by atoms with Crippen molar-refractivity contribution >= 4 is 5.91 Å². The topological polar surface area (TPSA) is 41.1 Å². The Kier molecular flexibility index (Phi) is 5.91. The normalized spacial score (nSPS) is 24.9. The number of halogens is 3. The van der Waals surface area contributed by atoms with Gasteiger partial charge >= 0.3 is 6.18 Å². The van der Waals surface area contributed by atoms with E-state index in [-0.39, 0.29) is 31.3 Å². The van der Waals surface area contributed by atoms with Crippen molar-refractivity contribution < 1.29 is 18.0 Å². The van der Waals surface area contributed by atoms with Crippen LogP contribution in [0.5, 0.6) is 0 Å². The van der Waals surface area contributed by atoms with E-state index in [4.69, 9.17) is 0 Å². The summed E-state index contributed by atoms with van der Waals surface area (Å²) in [5, 5.41) is 5.75. The van der Waals surface area contributed by atoms with Gasteiger partial charge in [-0.25, -0.2) is 0 Å². The summed E-state index contributed by atoms with van der Waals surface area (Å²) in [5.74, 6) is -1.32. The largest absolute Gasteiger partial charge is 0.391 e. The molecule has 18 heavy (non-hydrogen) atoms. The zero-order valence-electron chi connectivity index (χ0n) is 10.6. The van der Waals surface area contributed by atoms with Gasteiger partial charge in [0.2, 0.25) is 5.91 Å². The Morgan fingerprint density at radius 2 is 1.83 bits per heavy atom. The van der Waals surface area contributed by atoms with Crippen molar-refractivity contribution in [3.63, 3.8) is 0 Å². The third kappa shape index (κ3) is 5.25. The smallest absolute Gasteiger partial charge is 0.352 e. The van der Waals surface area contributed by atoms with Gasteiger partial charge in [-0.3, -0.25) is 4.79 Å². The number of carbonyl (C=O) groups is 1. The van der Waals surface area contributed by atoms with Crippen LogP contribution in [0.3, 0.4) is 0 Å². The van der Waals surface area contributed by atoms with Crippen molar-refractivity contribution in [2.75, 3.05) is 13.1 Å². The van der Waals surface area contributed by atoms with Crippen molar-refractivity contribution in [3.05, 3.63) is 0 Å². The summed E-state index contributed by atoms with van der Waals surface area (Å²) in [5.41, 5.74) is 0. The highest BCUT2D eigenvalue weighted by Gasteiger charge is 2.41. The lowest BCUT2D eigenvalue weighted by molar-refractivity contribution is -0.182. The number of carbonyl (C=O) groups excluding carboxylic acids is 1. The summed E-state index contributed by atoms with van der Waals surface area (Å²) >= 11 is 0. The lowest BCUT2D eigenvalue weighted by Crippen LogP contribution is -2.43. The minimum Gasteiger partial charge on any atom is -0.352 e. The number of hydrogen-bond acceptors (Lipinski definition) is 2. The maximum absolute atomic E-state index is 12.4. The molecule has 1 amide bonds. The van der Waals surface area contributed by atoms with Crippen molar-refractivity contribution in [1.29, 1.82) is 0 Å². The number of amides is 1. The molecule has 0 aromatic rings. The van der Waals surface area contributed by atoms with Crippen LogP contribution < -0.4 is 10.6 Å². The highest BCUT2D eigenvalue weighted by atomic mass is 19.4. The highest BCUT2D eigenvalue weighted by molar-refractivity contribution is 5.78. The predicted octanol–water partition coefficient (Wildman–Crippen LogP) is 2.22. The Morgan fingerprint density at radius 3 is 2.33 bits per heavy atom. The van der Waals surface area contributed by atoms with E-state index in [1.54, 1.807) is 0 Å². The first-order chi connectivity index (χ1) is 8.43. The van der Waals surface area contributed by atoms with Gasteiger partial charge in [0, 0.05) is 6.04 Å². The average molecular weight is 266 g/mol. The minimum absolute atomic E-state index is 0.0977. The van der Waals surface area contributed by atoms with Crippen molar-refractivity contribution in [2.24, 2.45) is 5.92 Å². The van der Waals surface area contributed by atoms with E-state index in [0.29, 0.717) is 12.8 Å². The van der Waals surface area contributed by atoms with Crippen LogP contribution >= 0.6 is 0 Å². The lowest BCUT2D eigenvalue weighted by Gasteiger charge is -2.30. The molecule has 0 unspecified atom stereocenters. The molecular weight excluding hydrogens is 245 g/mol. The van der Waals surface area contributed by atoms with Gasteiger partial charge in [-0.15, -0.1) is 0 Å². The van der Waals surface area contributed by atoms with Crippen LogP contribution in [0, 0.1) is 5.92 Å². The SMILES string of the molecule is CCCNCC(=O)NC1CCC(C(F)(F)F)CC1. The van der Waals surface area contributed by atoms with Crippen molar-refractivity contribution in [1.82, 2.24) is 10.6 Å². The molecule has 1 saturated carbocycles. The monoisotopic (exact) mass is 266 g/mol. The minimum atomic E-state index is -4.09. The third-order valence-corrected chi connectivity index (χ3v) is 3.27. The molecule has 0 aromatic heterocycles. The lowest BCUT2D eigenvalue weighted by atomic mass is 9.85. The van der Waals surface area contributed by atoms with Gasteiger partial charge in [-0.1, -0.05) is 6.92 Å². The van der Waals surface area contributed by atoms with E-state index < -0.39 is 12.1 Å². The Bertz CT molecular complexity index is 261. The molecule has 1 fully saturated rings. The van der Waals surface area contributed by atoms with Crippen molar-refractivity contribution in [3.8, 4) is 0 Å². The molecule has 0 saturated heterocycles. The fourth-order valence-electron chi connectivity index (χ4n) is 2.22. The molecule has 0 atom stereocenters. The molecule has 1 aliphatic rings. The molecule has 1 rings (SSSR count). The Balaban J connectivity index is 2.21. The Morgan fingerprint density at radius 1 is 1.22 bits per heavy atom. The van der Waals surface area contributed by atoms with Crippen LogP contribution in [-0.2, 0) is 4.79 Å². The second kappa shape index (κ2) is 6.97.